The van der Waals surface area contributed by atoms with Gasteiger partial charge in [-0.3, -0.25) is 0 Å². The summed E-state index contributed by atoms with van der Waals surface area (Å²) in [5.74, 6) is 0. The first-order valence-corrected chi connectivity index (χ1v) is 4.72. The van der Waals surface area contributed by atoms with E-state index in [4.69, 9.17) is 3.79 Å². The molecule has 0 spiro atoms. The summed E-state index contributed by atoms with van der Waals surface area (Å²) in [6, 6.07) is 0. The lowest BCUT2D eigenvalue weighted by Crippen LogP contribution is -1.88. The Labute approximate surface area is 66.5 Å². The van der Waals surface area contributed by atoms with E-state index in [2.05, 4.69) is 6.92 Å². The third-order valence-electron chi connectivity index (χ3n) is 1.45. The standard InChI is InChI=1S/C7H15O.Al.2H/c1-2-3-4-5-6-7-8;;;/h2-7H2,1H3;;;/q-1;+1;;. The molecular weight excluding hydrogens is 127 g/mol. The summed E-state index contributed by atoms with van der Waals surface area (Å²) >= 11 is 0.908. The minimum Gasteiger partial charge on any atom is -0.506 e. The van der Waals surface area contributed by atoms with Gasteiger partial charge in [-0.2, -0.15) is 0 Å². The number of hydrogen-bond donors (Lipinski definition) is 0. The molecule has 54 valence electrons. The zero-order valence-corrected chi connectivity index (χ0v) is 8.65. The van der Waals surface area contributed by atoms with E-state index in [1.165, 1.54) is 32.1 Å². The molecule has 0 aliphatic heterocycles. The first-order chi connectivity index (χ1) is 4.41. The lowest BCUT2D eigenvalue weighted by Gasteiger charge is -1.98. The van der Waals surface area contributed by atoms with Crippen LogP contribution in [0.3, 0.4) is 0 Å². The van der Waals surface area contributed by atoms with Gasteiger partial charge in [-0.05, 0) is 6.42 Å². The molecule has 9 heavy (non-hydrogen) atoms. The maximum absolute atomic E-state index is 5.06. The van der Waals surface area contributed by atoms with E-state index in [1.54, 1.807) is 0 Å². The largest absolute Gasteiger partial charge is 0.506 e. The average molecular weight is 144 g/mol. The normalized spacial score (nSPS) is 9.89. The van der Waals surface area contributed by atoms with Crippen LogP contribution in [0.1, 0.15) is 39.0 Å². The minimum absolute atomic E-state index is 0.908. The number of unbranched alkanes of at least 4 members (excludes halogenated alkanes) is 4. The van der Waals surface area contributed by atoms with E-state index in [-0.39, 0.29) is 0 Å². The Bertz CT molecular complexity index is 42.2. The highest BCUT2D eigenvalue weighted by atomic mass is 27.1. The molecule has 0 N–H and O–H groups in total. The summed E-state index contributed by atoms with van der Waals surface area (Å²) in [7, 11) is 0. The highest BCUT2D eigenvalue weighted by Gasteiger charge is 1.85. The Balaban J connectivity index is 2.60. The van der Waals surface area contributed by atoms with Crippen LogP contribution in [0.5, 0.6) is 0 Å². The molecule has 0 fully saturated rings. The fourth-order valence-electron chi connectivity index (χ4n) is 0.850. The molecule has 0 aliphatic rings. The second-order valence-corrected chi connectivity index (χ2v) is 2.98. The molecule has 0 aromatic rings. The van der Waals surface area contributed by atoms with Gasteiger partial charge in [-0.15, -0.1) is 0 Å². The second-order valence-electron chi connectivity index (χ2n) is 2.41. The molecule has 0 amide bonds. The van der Waals surface area contributed by atoms with Crippen LogP contribution in [-0.2, 0) is 3.79 Å². The number of rotatable bonds is 6. The van der Waals surface area contributed by atoms with Gasteiger partial charge in [0.1, 0.15) is 0 Å². The zero-order valence-electron chi connectivity index (χ0n) is 6.65. The molecule has 0 saturated carbocycles. The SMILES string of the molecule is CCCCCCC[O][AlH2]. The summed E-state index contributed by atoms with van der Waals surface area (Å²) < 4.78 is 5.06. The first kappa shape index (κ1) is 9.49. The molecule has 0 heterocycles. The summed E-state index contributed by atoms with van der Waals surface area (Å²) in [5.41, 5.74) is 0. The van der Waals surface area contributed by atoms with Crippen LogP contribution in [0.2, 0.25) is 0 Å². The van der Waals surface area contributed by atoms with Crippen LogP contribution in [-0.4, -0.2) is 23.2 Å². The van der Waals surface area contributed by atoms with Gasteiger partial charge in [-0.25, -0.2) is 0 Å². The molecule has 0 bridgehead atoms. The van der Waals surface area contributed by atoms with Crippen molar-refractivity contribution in [3.05, 3.63) is 0 Å². The van der Waals surface area contributed by atoms with E-state index >= 15 is 0 Å². The van der Waals surface area contributed by atoms with Gasteiger partial charge in [0.15, 0.2) is 0 Å². The highest BCUT2D eigenvalue weighted by Crippen LogP contribution is 2.01. The Morgan fingerprint density at radius 1 is 1.11 bits per heavy atom. The average Bonchev–Trinajstić information content (AvgIpc) is 1.89. The van der Waals surface area contributed by atoms with E-state index in [0.29, 0.717) is 0 Å². The monoisotopic (exact) mass is 144 g/mol. The third-order valence-corrected chi connectivity index (χ3v) is 1.86. The van der Waals surface area contributed by atoms with Crippen molar-refractivity contribution < 1.29 is 3.79 Å². The van der Waals surface area contributed by atoms with Crippen molar-refractivity contribution in [1.29, 1.82) is 0 Å². The van der Waals surface area contributed by atoms with Gasteiger partial charge in [-0.1, -0.05) is 32.6 Å². The molecule has 0 aliphatic carbocycles. The Hall–Kier alpha value is 0.492. The van der Waals surface area contributed by atoms with Crippen molar-refractivity contribution in [3.63, 3.8) is 0 Å². The maximum Gasteiger partial charge on any atom is 0.410 e. The van der Waals surface area contributed by atoms with Crippen LogP contribution in [0.4, 0.5) is 0 Å². The van der Waals surface area contributed by atoms with Gasteiger partial charge in [0, 0.05) is 6.61 Å². The molecule has 0 radical (unpaired) electrons. The van der Waals surface area contributed by atoms with Crippen molar-refractivity contribution >= 4 is 16.6 Å². The van der Waals surface area contributed by atoms with E-state index in [0.717, 1.165) is 23.2 Å². The predicted molar refractivity (Wildman–Crippen MR) is 43.3 cm³/mol. The van der Waals surface area contributed by atoms with Gasteiger partial charge in [0.05, 0.1) is 0 Å². The molecule has 0 atom stereocenters. The van der Waals surface area contributed by atoms with Gasteiger partial charge in [0.25, 0.3) is 0 Å². The predicted octanol–water partition coefficient (Wildman–Crippen LogP) is 1.52. The fourth-order valence-corrected chi connectivity index (χ4v) is 1.14. The van der Waals surface area contributed by atoms with Crippen molar-refractivity contribution in [2.45, 2.75) is 39.0 Å². The third kappa shape index (κ3) is 8.49. The van der Waals surface area contributed by atoms with Crippen LogP contribution in [0, 0.1) is 0 Å². The summed E-state index contributed by atoms with van der Waals surface area (Å²) in [6.45, 7) is 3.24. The van der Waals surface area contributed by atoms with Crippen LogP contribution in [0.15, 0.2) is 0 Å². The highest BCUT2D eigenvalue weighted by molar-refractivity contribution is 5.97. The summed E-state index contributed by atoms with van der Waals surface area (Å²) in [6.07, 6.45) is 6.74. The zero-order chi connectivity index (χ0) is 6.95. The number of hydrogen-bond acceptors (Lipinski definition) is 1. The first-order valence-electron chi connectivity index (χ1n) is 3.90. The van der Waals surface area contributed by atoms with Crippen molar-refractivity contribution in [2.24, 2.45) is 0 Å². The molecule has 0 unspecified atom stereocenters. The van der Waals surface area contributed by atoms with Crippen molar-refractivity contribution in [3.8, 4) is 0 Å². The Morgan fingerprint density at radius 2 is 1.78 bits per heavy atom. The van der Waals surface area contributed by atoms with Crippen LogP contribution < -0.4 is 0 Å². The lowest BCUT2D eigenvalue weighted by atomic mass is 10.2. The van der Waals surface area contributed by atoms with Crippen molar-refractivity contribution in [2.75, 3.05) is 6.61 Å². The van der Waals surface area contributed by atoms with E-state index < -0.39 is 0 Å². The second kappa shape index (κ2) is 8.49. The quantitative estimate of drug-likeness (QED) is 0.405. The van der Waals surface area contributed by atoms with E-state index in [9.17, 15) is 0 Å². The molecule has 0 rings (SSSR count). The van der Waals surface area contributed by atoms with Crippen molar-refractivity contribution in [1.82, 2.24) is 0 Å². The Morgan fingerprint density at radius 3 is 2.33 bits per heavy atom. The van der Waals surface area contributed by atoms with Crippen LogP contribution in [0.25, 0.3) is 0 Å². The maximum atomic E-state index is 5.06. The molecule has 1 nitrogen and oxygen atoms in total. The summed E-state index contributed by atoms with van der Waals surface area (Å²) in [4.78, 5) is 0. The topological polar surface area (TPSA) is 9.23 Å². The van der Waals surface area contributed by atoms with Gasteiger partial charge in [0.2, 0.25) is 0 Å². The van der Waals surface area contributed by atoms with Crippen LogP contribution >= 0.6 is 0 Å². The molecule has 0 aromatic carbocycles. The minimum atomic E-state index is 0.908. The molecule has 0 saturated heterocycles. The molecule has 0 aromatic heterocycles. The Kier molecular flexibility index (Phi) is 8.96. The summed E-state index contributed by atoms with van der Waals surface area (Å²) in [5, 5.41) is 0. The molecule has 2 heteroatoms. The van der Waals surface area contributed by atoms with Gasteiger partial charge < -0.3 is 3.79 Å². The lowest BCUT2D eigenvalue weighted by molar-refractivity contribution is 0.333. The van der Waals surface area contributed by atoms with Gasteiger partial charge >= 0.3 is 16.6 Å². The van der Waals surface area contributed by atoms with E-state index in [1.807, 2.05) is 0 Å². The fraction of sp³-hybridized carbons (Fsp3) is 1.00. The molecular formula is C7H17AlO. The smallest absolute Gasteiger partial charge is 0.410 e.